The zero-order valence-corrected chi connectivity index (χ0v) is 37.0. The molecule has 1 aliphatic heterocycles. The van der Waals surface area contributed by atoms with Crippen LogP contribution in [0.15, 0.2) is 42.9 Å². The second-order valence-corrected chi connectivity index (χ2v) is 17.8. The lowest BCUT2D eigenvalue weighted by molar-refractivity contribution is -0.138. The van der Waals surface area contributed by atoms with Crippen LogP contribution in [0.4, 0.5) is 0 Å². The Labute approximate surface area is 359 Å². The summed E-state index contributed by atoms with van der Waals surface area (Å²) in [6, 6.07) is 7.18. The van der Waals surface area contributed by atoms with Gasteiger partial charge in [0.1, 0.15) is 12.1 Å². The Bertz CT molecular complexity index is 1780. The van der Waals surface area contributed by atoms with Crippen molar-refractivity contribution in [2.24, 2.45) is 23.5 Å². The SMILES string of the molecule is CC(=O)N1CCC[C@H]1C(=O)N[C@@H](CC(C)C)C(=O)C[C@@H](Cc1cncn1CCCCCCCCCc1ccccc1)C(=O)N[C@@H](CO)C(=O)C[C@H](C(N)=O)[C@@H](C)OP(=O)(O)O. The number of nitrogens with one attached hydrogen (secondary N) is 2. The highest BCUT2D eigenvalue weighted by Gasteiger charge is 2.37. The van der Waals surface area contributed by atoms with Gasteiger partial charge in [0, 0.05) is 51.2 Å². The van der Waals surface area contributed by atoms with E-state index in [4.69, 9.17) is 5.73 Å². The average molecular weight is 875 g/mol. The van der Waals surface area contributed by atoms with Crippen LogP contribution < -0.4 is 16.4 Å². The van der Waals surface area contributed by atoms with Crippen LogP contribution in [0, 0.1) is 17.8 Å². The largest absolute Gasteiger partial charge is 0.469 e. The molecule has 1 aromatic heterocycles. The van der Waals surface area contributed by atoms with Crippen LogP contribution in [0.1, 0.15) is 116 Å². The molecule has 61 heavy (non-hydrogen) atoms. The fourth-order valence-electron chi connectivity index (χ4n) is 7.85. The first-order chi connectivity index (χ1) is 28.9. The number of aliphatic hydroxyl groups is 1. The van der Waals surface area contributed by atoms with Gasteiger partial charge in [-0.15, -0.1) is 0 Å². The summed E-state index contributed by atoms with van der Waals surface area (Å²) in [6.45, 7) is 6.48. The van der Waals surface area contributed by atoms with Crippen LogP contribution in [0.5, 0.6) is 0 Å². The quantitative estimate of drug-likeness (QED) is 0.0507. The zero-order chi connectivity index (χ0) is 45.1. The molecule has 1 aliphatic rings. The molecule has 2 aromatic rings. The number of primary amides is 1. The van der Waals surface area contributed by atoms with Crippen LogP contribution in [-0.4, -0.2) is 102 Å². The monoisotopic (exact) mass is 874 g/mol. The predicted octanol–water partition coefficient (Wildman–Crippen LogP) is 3.55. The number of aryl methyl sites for hydroxylation is 2. The molecule has 0 saturated carbocycles. The van der Waals surface area contributed by atoms with Crippen molar-refractivity contribution in [1.29, 1.82) is 0 Å². The number of nitrogens with zero attached hydrogens (tertiary/aromatic N) is 3. The number of rotatable bonds is 29. The van der Waals surface area contributed by atoms with E-state index in [1.54, 1.807) is 12.5 Å². The minimum absolute atomic E-state index is 0.0193. The maximum atomic E-state index is 14.1. The number of imidazole rings is 1. The second-order valence-electron chi connectivity index (χ2n) is 16.6. The smallest absolute Gasteiger partial charge is 0.394 e. The van der Waals surface area contributed by atoms with E-state index < -0.39 is 86.2 Å². The van der Waals surface area contributed by atoms with E-state index in [2.05, 4.69) is 44.4 Å². The molecule has 1 fully saturated rings. The number of ketones is 2. The Morgan fingerprint density at radius 3 is 2.16 bits per heavy atom. The maximum Gasteiger partial charge on any atom is 0.469 e. The summed E-state index contributed by atoms with van der Waals surface area (Å²) < 4.78 is 17.9. The van der Waals surface area contributed by atoms with Gasteiger partial charge in [-0.2, -0.15) is 0 Å². The molecule has 18 heteroatoms. The van der Waals surface area contributed by atoms with Gasteiger partial charge in [0.15, 0.2) is 11.6 Å². The van der Waals surface area contributed by atoms with Crippen molar-refractivity contribution in [3.8, 4) is 0 Å². The van der Waals surface area contributed by atoms with Crippen LogP contribution in [0.3, 0.4) is 0 Å². The molecule has 4 amide bonds. The molecule has 6 atom stereocenters. The van der Waals surface area contributed by atoms with E-state index in [1.807, 2.05) is 24.5 Å². The summed E-state index contributed by atoms with van der Waals surface area (Å²) in [4.78, 5) is 104. The third-order valence-electron chi connectivity index (χ3n) is 11.2. The van der Waals surface area contributed by atoms with Gasteiger partial charge in [-0.3, -0.25) is 33.3 Å². The molecule has 0 radical (unpaired) electrons. The zero-order valence-electron chi connectivity index (χ0n) is 36.1. The molecule has 0 unspecified atom stereocenters. The number of carbonyl (C=O) groups excluding carboxylic acids is 6. The first-order valence-electron chi connectivity index (χ1n) is 21.5. The van der Waals surface area contributed by atoms with Gasteiger partial charge in [0.2, 0.25) is 23.6 Å². The molecule has 17 nitrogen and oxygen atoms in total. The normalized spacial score (nSPS) is 16.7. The Morgan fingerprint density at radius 1 is 0.918 bits per heavy atom. The first-order valence-corrected chi connectivity index (χ1v) is 23.0. The lowest BCUT2D eigenvalue weighted by atomic mass is 9.89. The molecule has 1 saturated heterocycles. The number of hydrogen-bond donors (Lipinski definition) is 6. The Balaban J connectivity index is 1.74. The molecule has 3 rings (SSSR count). The standard InChI is InChI=1S/C43H67N6O11P/c1-29(2)22-36(46-43(56)38-19-15-21-49(38)31(4)51)39(52)24-33(42(55)47-37(27-50)40(53)25-35(41(44)54)30(3)60-61(57,58)59)23-34-26-45-28-48(34)20-14-9-7-5-6-8-11-16-32-17-12-10-13-18-32/h10,12-13,17-18,26,28-30,33,35-38,50H,5-9,11,14-16,19-25,27H2,1-4H3,(H2,44,54)(H,46,56)(H,47,55)(H2,57,58,59)/t30-,33-,35+,36+,37+,38+/m1/s1. The molecule has 2 heterocycles. The number of likely N-dealkylation sites (tertiary alicyclic amines) is 1. The molecular formula is C43H67N6O11P. The molecule has 0 spiro atoms. The highest BCUT2D eigenvalue weighted by molar-refractivity contribution is 7.46. The van der Waals surface area contributed by atoms with Gasteiger partial charge in [0.25, 0.3) is 0 Å². The number of benzene rings is 1. The number of nitrogens with two attached hydrogens (primary N) is 1. The summed E-state index contributed by atoms with van der Waals surface area (Å²) in [5.74, 6) is -6.48. The number of Topliss-reactive ketones (excluding diaryl/α,β-unsaturated/α-hetero) is 2. The van der Waals surface area contributed by atoms with Gasteiger partial charge in [-0.05, 0) is 56.9 Å². The van der Waals surface area contributed by atoms with Crippen molar-refractivity contribution in [1.82, 2.24) is 25.1 Å². The lowest BCUT2D eigenvalue weighted by Gasteiger charge is -2.27. The summed E-state index contributed by atoms with van der Waals surface area (Å²) in [6.07, 6.45) is 10.7. The Morgan fingerprint density at radius 2 is 1.56 bits per heavy atom. The fraction of sp³-hybridized carbons (Fsp3) is 0.651. The average Bonchev–Trinajstić information content (AvgIpc) is 3.87. The van der Waals surface area contributed by atoms with Crippen molar-refractivity contribution >= 4 is 43.0 Å². The molecule has 1 aromatic carbocycles. The van der Waals surface area contributed by atoms with Crippen molar-refractivity contribution in [3.05, 3.63) is 54.1 Å². The molecule has 340 valence electrons. The van der Waals surface area contributed by atoms with Crippen molar-refractivity contribution in [3.63, 3.8) is 0 Å². The van der Waals surface area contributed by atoms with Gasteiger partial charge in [-0.1, -0.05) is 76.3 Å². The second kappa shape index (κ2) is 25.6. The van der Waals surface area contributed by atoms with Crippen LogP contribution in [0.2, 0.25) is 0 Å². The van der Waals surface area contributed by atoms with Gasteiger partial charge >= 0.3 is 7.82 Å². The molecule has 0 bridgehead atoms. The van der Waals surface area contributed by atoms with E-state index in [0.717, 1.165) is 51.9 Å². The number of aromatic nitrogens is 2. The van der Waals surface area contributed by atoms with Crippen molar-refractivity contribution in [2.75, 3.05) is 13.2 Å². The molecular weight excluding hydrogens is 807 g/mol. The summed E-state index contributed by atoms with van der Waals surface area (Å²) in [5, 5.41) is 15.6. The van der Waals surface area contributed by atoms with Crippen LogP contribution in [-0.2, 0) is 57.2 Å². The summed E-state index contributed by atoms with van der Waals surface area (Å²) in [5.41, 5.74) is 7.44. The predicted molar refractivity (Wildman–Crippen MR) is 227 cm³/mol. The molecule has 0 aliphatic carbocycles. The summed E-state index contributed by atoms with van der Waals surface area (Å²) >= 11 is 0. The van der Waals surface area contributed by atoms with Crippen LogP contribution in [0.25, 0.3) is 0 Å². The number of amides is 4. The fourth-order valence-corrected chi connectivity index (χ4v) is 8.43. The first kappa shape index (κ1) is 51.1. The third-order valence-corrected chi connectivity index (χ3v) is 11.8. The highest BCUT2D eigenvalue weighted by Crippen LogP contribution is 2.39. The minimum atomic E-state index is -5.06. The number of phosphoric acid groups is 1. The number of aliphatic hydroxyl groups excluding tert-OH is 1. The minimum Gasteiger partial charge on any atom is -0.394 e. The maximum absolute atomic E-state index is 14.1. The highest BCUT2D eigenvalue weighted by atomic mass is 31.2. The van der Waals surface area contributed by atoms with E-state index in [9.17, 15) is 48.2 Å². The number of unbranched alkanes of at least 4 members (excludes halogenated alkanes) is 6. The van der Waals surface area contributed by atoms with E-state index in [1.165, 1.54) is 23.8 Å². The van der Waals surface area contributed by atoms with E-state index in [-0.39, 0.29) is 31.1 Å². The van der Waals surface area contributed by atoms with Crippen LogP contribution >= 0.6 is 7.82 Å². The Hall–Kier alpha value is -4.28. The number of phosphoric ester groups is 1. The van der Waals surface area contributed by atoms with Gasteiger partial charge < -0.3 is 40.7 Å². The van der Waals surface area contributed by atoms with Crippen molar-refractivity contribution < 1.29 is 52.7 Å². The van der Waals surface area contributed by atoms with Crippen molar-refractivity contribution in [2.45, 2.75) is 148 Å². The lowest BCUT2D eigenvalue weighted by Crippen LogP contribution is -2.52. The van der Waals surface area contributed by atoms with E-state index in [0.29, 0.717) is 31.6 Å². The van der Waals surface area contributed by atoms with E-state index >= 15 is 0 Å². The molecule has 7 N–H and O–H groups in total. The topological polar surface area (TPSA) is 261 Å². The van der Waals surface area contributed by atoms with Gasteiger partial charge in [-0.25, -0.2) is 9.55 Å². The van der Waals surface area contributed by atoms with Gasteiger partial charge in [0.05, 0.1) is 36.9 Å². The summed E-state index contributed by atoms with van der Waals surface area (Å²) in [7, 11) is -5.06. The third kappa shape index (κ3) is 17.9. The Kier molecular flexibility index (Phi) is 21.4. The number of hydrogen-bond acceptors (Lipinski definition) is 10. The number of carbonyl (C=O) groups is 6.